The third-order valence-electron chi connectivity index (χ3n) is 2.04. The lowest BCUT2D eigenvalue weighted by Crippen LogP contribution is -2.18. The molecule has 0 spiro atoms. The molecule has 0 aliphatic carbocycles. The molecular formula is C10H14F2N2. The van der Waals surface area contributed by atoms with Crippen molar-refractivity contribution in [2.24, 2.45) is 5.73 Å². The van der Waals surface area contributed by atoms with Crippen molar-refractivity contribution in [1.29, 1.82) is 0 Å². The van der Waals surface area contributed by atoms with E-state index >= 15 is 0 Å². The molecule has 78 valence electrons. The van der Waals surface area contributed by atoms with Gasteiger partial charge < -0.3 is 10.6 Å². The summed E-state index contributed by atoms with van der Waals surface area (Å²) in [5.74, 6) is -1.69. The highest BCUT2D eigenvalue weighted by Crippen LogP contribution is 2.28. The number of rotatable bonds is 2. The van der Waals surface area contributed by atoms with Gasteiger partial charge in [0, 0.05) is 20.1 Å². The first kappa shape index (κ1) is 10.9. The summed E-state index contributed by atoms with van der Waals surface area (Å²) in [6.45, 7) is 1.74. The molecule has 0 heterocycles. The lowest BCUT2D eigenvalue weighted by molar-refractivity contribution is 0.506. The van der Waals surface area contributed by atoms with Crippen molar-refractivity contribution in [3.05, 3.63) is 29.3 Å². The van der Waals surface area contributed by atoms with Crippen LogP contribution in [0.4, 0.5) is 14.5 Å². The Morgan fingerprint density at radius 2 is 1.86 bits per heavy atom. The quantitative estimate of drug-likeness (QED) is 0.791. The fraction of sp³-hybridized carbons (Fsp3) is 0.400. The number of nitrogens with two attached hydrogens (primary N) is 1. The summed E-state index contributed by atoms with van der Waals surface area (Å²) in [6, 6.07) is 2.29. The average molecular weight is 200 g/mol. The number of benzene rings is 1. The largest absolute Gasteiger partial charge is 0.375 e. The van der Waals surface area contributed by atoms with E-state index in [2.05, 4.69) is 0 Å². The minimum absolute atomic E-state index is 0.222. The van der Waals surface area contributed by atoms with Gasteiger partial charge in [-0.15, -0.1) is 0 Å². The maximum Gasteiger partial charge on any atom is 0.182 e. The molecule has 0 bridgehead atoms. The third kappa shape index (κ3) is 1.85. The highest BCUT2D eigenvalue weighted by Gasteiger charge is 2.16. The van der Waals surface area contributed by atoms with E-state index in [4.69, 9.17) is 5.73 Å². The van der Waals surface area contributed by atoms with Gasteiger partial charge in [0.2, 0.25) is 0 Å². The second kappa shape index (κ2) is 3.92. The first-order valence-corrected chi connectivity index (χ1v) is 4.36. The smallest absolute Gasteiger partial charge is 0.182 e. The predicted molar refractivity (Wildman–Crippen MR) is 53.3 cm³/mol. The zero-order valence-corrected chi connectivity index (χ0v) is 8.51. The Labute approximate surface area is 82.3 Å². The van der Waals surface area contributed by atoms with Gasteiger partial charge in [0.15, 0.2) is 11.6 Å². The highest BCUT2D eigenvalue weighted by molar-refractivity contribution is 5.55. The van der Waals surface area contributed by atoms with Gasteiger partial charge in [0.25, 0.3) is 0 Å². The summed E-state index contributed by atoms with van der Waals surface area (Å²) in [5, 5.41) is 0. The van der Waals surface area contributed by atoms with Crippen molar-refractivity contribution in [2.75, 3.05) is 19.0 Å². The molecule has 1 unspecified atom stereocenters. The molecule has 1 aromatic carbocycles. The topological polar surface area (TPSA) is 29.3 Å². The number of hydrogen-bond acceptors (Lipinski definition) is 2. The Morgan fingerprint density at radius 1 is 1.29 bits per heavy atom. The molecule has 14 heavy (non-hydrogen) atoms. The second-order valence-electron chi connectivity index (χ2n) is 3.48. The molecule has 0 fully saturated rings. The molecule has 0 saturated carbocycles. The Kier molecular flexibility index (Phi) is 3.06. The summed E-state index contributed by atoms with van der Waals surface area (Å²) < 4.78 is 26.3. The standard InChI is InChI=1S/C10H14F2N2/c1-6(13)7-4-5-8(11)9(12)10(7)14(2)3/h4-6H,13H2,1-3H3. The fourth-order valence-corrected chi connectivity index (χ4v) is 1.38. The van der Waals surface area contributed by atoms with Crippen LogP contribution in [-0.2, 0) is 0 Å². The SMILES string of the molecule is CC(N)c1ccc(F)c(F)c1N(C)C. The van der Waals surface area contributed by atoms with Crippen LogP contribution >= 0.6 is 0 Å². The van der Waals surface area contributed by atoms with Crippen molar-refractivity contribution < 1.29 is 8.78 Å². The fourth-order valence-electron chi connectivity index (χ4n) is 1.38. The number of anilines is 1. The molecular weight excluding hydrogens is 186 g/mol. The molecule has 0 amide bonds. The summed E-state index contributed by atoms with van der Waals surface area (Å²) in [7, 11) is 3.31. The number of halogens is 2. The van der Waals surface area contributed by atoms with Crippen LogP contribution in [0.2, 0.25) is 0 Å². The van der Waals surface area contributed by atoms with Crippen molar-refractivity contribution in [3.8, 4) is 0 Å². The van der Waals surface area contributed by atoms with Crippen LogP contribution in [0.3, 0.4) is 0 Å². The van der Waals surface area contributed by atoms with Crippen LogP contribution in [0.15, 0.2) is 12.1 Å². The van der Waals surface area contributed by atoms with E-state index in [-0.39, 0.29) is 11.7 Å². The number of nitrogens with zero attached hydrogens (tertiary/aromatic N) is 1. The van der Waals surface area contributed by atoms with Crippen molar-refractivity contribution in [2.45, 2.75) is 13.0 Å². The Bertz CT molecular complexity index is 335. The first-order chi connectivity index (χ1) is 6.45. The van der Waals surface area contributed by atoms with E-state index in [1.165, 1.54) is 11.0 Å². The second-order valence-corrected chi connectivity index (χ2v) is 3.48. The van der Waals surface area contributed by atoms with E-state index in [9.17, 15) is 8.78 Å². The Hall–Kier alpha value is -1.16. The summed E-state index contributed by atoms with van der Waals surface area (Å²) >= 11 is 0. The van der Waals surface area contributed by atoms with E-state index in [1.807, 2.05) is 0 Å². The van der Waals surface area contributed by atoms with Crippen LogP contribution in [0.5, 0.6) is 0 Å². The molecule has 0 aliphatic rings. The van der Waals surface area contributed by atoms with Crippen LogP contribution in [-0.4, -0.2) is 14.1 Å². The Morgan fingerprint density at radius 3 is 2.29 bits per heavy atom. The maximum absolute atomic E-state index is 13.4. The summed E-state index contributed by atoms with van der Waals surface area (Å²) in [5.41, 5.74) is 6.48. The molecule has 2 nitrogen and oxygen atoms in total. The van der Waals surface area contributed by atoms with Crippen LogP contribution in [0.25, 0.3) is 0 Å². The molecule has 4 heteroatoms. The van der Waals surface area contributed by atoms with E-state index in [1.54, 1.807) is 21.0 Å². The van der Waals surface area contributed by atoms with Crippen LogP contribution in [0.1, 0.15) is 18.5 Å². The van der Waals surface area contributed by atoms with Gasteiger partial charge in [-0.2, -0.15) is 0 Å². The van der Waals surface area contributed by atoms with Gasteiger partial charge in [-0.25, -0.2) is 8.78 Å². The minimum Gasteiger partial charge on any atom is -0.375 e. The average Bonchev–Trinajstić information content (AvgIpc) is 2.08. The van der Waals surface area contributed by atoms with Crippen molar-refractivity contribution in [1.82, 2.24) is 0 Å². The van der Waals surface area contributed by atoms with E-state index < -0.39 is 11.6 Å². The number of hydrogen-bond donors (Lipinski definition) is 1. The maximum atomic E-state index is 13.4. The lowest BCUT2D eigenvalue weighted by Gasteiger charge is -2.20. The normalized spacial score (nSPS) is 12.7. The van der Waals surface area contributed by atoms with Crippen molar-refractivity contribution in [3.63, 3.8) is 0 Å². The molecule has 0 aliphatic heterocycles. The van der Waals surface area contributed by atoms with Gasteiger partial charge in [-0.3, -0.25) is 0 Å². The molecule has 1 atom stereocenters. The molecule has 1 aromatic rings. The highest BCUT2D eigenvalue weighted by atomic mass is 19.2. The van der Waals surface area contributed by atoms with Crippen LogP contribution in [0, 0.1) is 11.6 Å². The zero-order valence-electron chi connectivity index (χ0n) is 8.51. The third-order valence-corrected chi connectivity index (χ3v) is 2.04. The van der Waals surface area contributed by atoms with E-state index in [0.717, 1.165) is 6.07 Å². The van der Waals surface area contributed by atoms with E-state index in [0.29, 0.717) is 5.56 Å². The van der Waals surface area contributed by atoms with Crippen LogP contribution < -0.4 is 10.6 Å². The van der Waals surface area contributed by atoms with Gasteiger partial charge in [-0.05, 0) is 18.6 Å². The van der Waals surface area contributed by atoms with Gasteiger partial charge in [-0.1, -0.05) is 6.07 Å². The predicted octanol–water partition coefficient (Wildman–Crippen LogP) is 2.05. The zero-order chi connectivity index (χ0) is 10.9. The summed E-state index contributed by atoms with van der Waals surface area (Å²) in [4.78, 5) is 1.52. The first-order valence-electron chi connectivity index (χ1n) is 4.36. The minimum atomic E-state index is -0.849. The van der Waals surface area contributed by atoms with Gasteiger partial charge >= 0.3 is 0 Å². The monoisotopic (exact) mass is 200 g/mol. The molecule has 1 rings (SSSR count). The van der Waals surface area contributed by atoms with Gasteiger partial charge in [0.05, 0.1) is 5.69 Å². The Balaban J connectivity index is 3.38. The van der Waals surface area contributed by atoms with Gasteiger partial charge in [0.1, 0.15) is 0 Å². The molecule has 2 N–H and O–H groups in total. The molecule has 0 saturated heterocycles. The molecule has 0 aromatic heterocycles. The molecule has 0 radical (unpaired) electrons. The lowest BCUT2D eigenvalue weighted by atomic mass is 10.1. The summed E-state index contributed by atoms with van der Waals surface area (Å²) in [6.07, 6.45) is 0. The van der Waals surface area contributed by atoms with Crippen molar-refractivity contribution >= 4 is 5.69 Å².